The molecule has 0 N–H and O–H groups in total. The number of nitrogens with zero attached hydrogens (tertiary/aromatic N) is 3. The molecule has 2 aliphatic heterocycles. The van der Waals surface area contributed by atoms with Crippen LogP contribution in [0, 0.1) is 0 Å². The van der Waals surface area contributed by atoms with Crippen LogP contribution in [0.25, 0.3) is 11.1 Å². The van der Waals surface area contributed by atoms with Gasteiger partial charge in [-0.1, -0.05) is 213 Å². The zero-order valence-electron chi connectivity index (χ0n) is 45.7. The molecule has 0 saturated heterocycles. The van der Waals surface area contributed by atoms with Gasteiger partial charge in [0, 0.05) is 45.4 Å². The Morgan fingerprint density at radius 3 is 1.17 bits per heavy atom. The molecule has 0 saturated carbocycles. The molecule has 0 unspecified atom stereocenters. The predicted octanol–water partition coefficient (Wildman–Crippen LogP) is 17.4. The Balaban J connectivity index is 1.36. The molecule has 4 heteroatoms. The summed E-state index contributed by atoms with van der Waals surface area (Å²) in [7, 11) is 0. The average Bonchev–Trinajstić information content (AvgIpc) is 3.33. The highest BCUT2D eigenvalue weighted by Crippen LogP contribution is 2.50. The number of hydrogen-bond donors (Lipinski definition) is 0. The first-order chi connectivity index (χ1) is 33.9. The topological polar surface area (TPSA) is 9.72 Å². The van der Waals surface area contributed by atoms with Gasteiger partial charge in [0.1, 0.15) is 0 Å². The van der Waals surface area contributed by atoms with E-state index in [4.69, 9.17) is 0 Å². The van der Waals surface area contributed by atoms with E-state index in [1.165, 1.54) is 78.1 Å². The summed E-state index contributed by atoms with van der Waals surface area (Å²) in [6, 6.07) is 67.6. The van der Waals surface area contributed by atoms with Crippen molar-refractivity contribution >= 4 is 74.3 Å². The van der Waals surface area contributed by atoms with E-state index in [1.807, 2.05) is 0 Å². The van der Waals surface area contributed by atoms with Crippen LogP contribution < -0.4 is 31.1 Å². The maximum atomic E-state index is 2.60. The quantitative estimate of drug-likeness (QED) is 0.154. The van der Waals surface area contributed by atoms with Gasteiger partial charge in [0.05, 0.1) is 11.4 Å². The molecule has 0 atom stereocenters. The van der Waals surface area contributed by atoms with Crippen LogP contribution in [0.1, 0.15) is 132 Å². The van der Waals surface area contributed by atoms with Gasteiger partial charge in [-0.15, -0.1) is 0 Å². The van der Waals surface area contributed by atoms with Crippen molar-refractivity contribution < 1.29 is 0 Å². The first-order valence-corrected chi connectivity index (χ1v) is 26.2. The molecule has 3 nitrogen and oxygen atoms in total. The highest BCUT2D eigenvalue weighted by Gasteiger charge is 2.45. The molecule has 0 aliphatic carbocycles. The lowest BCUT2D eigenvalue weighted by Crippen LogP contribution is -2.61. The zero-order valence-corrected chi connectivity index (χ0v) is 45.7. The SMILES string of the molecule is CC(C)(C)c1ccc(N(c2ccc(C(C)(C)C)cc2)c2cc3c4c(c2)N(c2ccccc2-c2ccccc2)c2ccc(C(C)(C)C)cc2B4c2cc(C(C)(C)C)ccc2N3c2ccc(C(C)(C)C)cc2)cc1. The van der Waals surface area contributed by atoms with Crippen LogP contribution >= 0.6 is 0 Å². The fraction of sp³-hybridized carbons (Fsp3) is 0.294. The van der Waals surface area contributed by atoms with E-state index in [0.29, 0.717) is 0 Å². The van der Waals surface area contributed by atoms with Crippen molar-refractivity contribution in [3.63, 3.8) is 0 Å². The van der Waals surface area contributed by atoms with Gasteiger partial charge >= 0.3 is 0 Å². The molecule has 0 aromatic heterocycles. The first-order valence-electron chi connectivity index (χ1n) is 26.2. The van der Waals surface area contributed by atoms with E-state index >= 15 is 0 Å². The highest BCUT2D eigenvalue weighted by molar-refractivity contribution is 7.00. The molecule has 0 radical (unpaired) electrons. The first kappa shape index (κ1) is 48.8. The molecule has 8 aromatic carbocycles. The maximum absolute atomic E-state index is 2.60. The fourth-order valence-electron chi connectivity index (χ4n) is 10.9. The number of fused-ring (bicyclic) bond motifs is 4. The zero-order chi connectivity index (χ0) is 51.3. The number of benzene rings is 8. The van der Waals surface area contributed by atoms with Gasteiger partial charge in [0.15, 0.2) is 0 Å². The van der Waals surface area contributed by atoms with Crippen molar-refractivity contribution in [1.29, 1.82) is 0 Å². The minimum absolute atomic E-state index is 0.0107. The second kappa shape index (κ2) is 17.5. The molecular formula is C68H74BN3. The average molecular weight is 944 g/mol. The summed E-state index contributed by atoms with van der Waals surface area (Å²) in [6.07, 6.45) is 0. The largest absolute Gasteiger partial charge is 0.311 e. The lowest BCUT2D eigenvalue weighted by atomic mass is 9.33. The fourth-order valence-corrected chi connectivity index (χ4v) is 10.9. The van der Waals surface area contributed by atoms with E-state index in [2.05, 4.69) is 294 Å². The van der Waals surface area contributed by atoms with Crippen LogP contribution in [-0.2, 0) is 27.1 Å². The molecule has 0 spiro atoms. The van der Waals surface area contributed by atoms with Gasteiger partial charge in [-0.05, 0) is 144 Å². The number of anilines is 9. The summed E-state index contributed by atoms with van der Waals surface area (Å²) in [5.41, 5.74) is 23.3. The van der Waals surface area contributed by atoms with E-state index in [0.717, 1.165) is 28.4 Å². The van der Waals surface area contributed by atoms with E-state index in [1.54, 1.807) is 0 Å². The Morgan fingerprint density at radius 2 is 0.708 bits per heavy atom. The Hall–Kier alpha value is -6.78. The van der Waals surface area contributed by atoms with Crippen LogP contribution in [-0.4, -0.2) is 6.71 Å². The second-order valence-corrected chi connectivity index (χ2v) is 25.7. The second-order valence-electron chi connectivity index (χ2n) is 25.7. The molecule has 2 heterocycles. The van der Waals surface area contributed by atoms with E-state index < -0.39 is 0 Å². The number of para-hydroxylation sites is 1. The van der Waals surface area contributed by atoms with Gasteiger partial charge in [0.2, 0.25) is 0 Å². The number of hydrogen-bond acceptors (Lipinski definition) is 3. The van der Waals surface area contributed by atoms with Crippen molar-refractivity contribution in [2.24, 2.45) is 0 Å². The summed E-state index contributed by atoms with van der Waals surface area (Å²) in [5.74, 6) is 0. The molecular weight excluding hydrogens is 870 g/mol. The predicted molar refractivity (Wildman–Crippen MR) is 314 cm³/mol. The Morgan fingerprint density at radius 1 is 0.319 bits per heavy atom. The van der Waals surface area contributed by atoms with E-state index in [9.17, 15) is 0 Å². The molecule has 72 heavy (non-hydrogen) atoms. The minimum Gasteiger partial charge on any atom is -0.311 e. The Kier molecular flexibility index (Phi) is 11.8. The van der Waals surface area contributed by atoms with Crippen molar-refractivity contribution in [2.45, 2.75) is 131 Å². The van der Waals surface area contributed by atoms with Gasteiger partial charge in [-0.2, -0.15) is 0 Å². The van der Waals surface area contributed by atoms with Crippen molar-refractivity contribution in [3.8, 4) is 11.1 Å². The monoisotopic (exact) mass is 944 g/mol. The molecule has 8 aromatic rings. The van der Waals surface area contributed by atoms with Crippen LogP contribution in [0.4, 0.5) is 51.2 Å². The lowest BCUT2D eigenvalue weighted by molar-refractivity contribution is 0.590. The van der Waals surface area contributed by atoms with Gasteiger partial charge < -0.3 is 14.7 Å². The summed E-state index contributed by atoms with van der Waals surface area (Å²) in [6.45, 7) is 34.7. The summed E-state index contributed by atoms with van der Waals surface area (Å²) >= 11 is 0. The summed E-state index contributed by atoms with van der Waals surface area (Å²) in [4.78, 5) is 7.67. The summed E-state index contributed by atoms with van der Waals surface area (Å²) in [5, 5.41) is 0. The smallest absolute Gasteiger partial charge is 0.252 e. The van der Waals surface area contributed by atoms with Crippen molar-refractivity contribution in [1.82, 2.24) is 0 Å². The normalized spacial score (nSPS) is 13.7. The minimum atomic E-state index is -0.0636. The number of rotatable bonds is 6. The third kappa shape index (κ3) is 8.86. The Labute approximate surface area is 432 Å². The molecule has 2 aliphatic rings. The van der Waals surface area contributed by atoms with Crippen LogP contribution in [0.2, 0.25) is 0 Å². The van der Waals surface area contributed by atoms with Crippen molar-refractivity contribution in [2.75, 3.05) is 14.7 Å². The molecule has 364 valence electrons. The van der Waals surface area contributed by atoms with Crippen LogP contribution in [0.3, 0.4) is 0 Å². The van der Waals surface area contributed by atoms with Crippen LogP contribution in [0.15, 0.2) is 176 Å². The molecule has 0 amide bonds. The molecule has 10 rings (SSSR count). The van der Waals surface area contributed by atoms with Gasteiger partial charge in [-0.3, -0.25) is 0 Å². The third-order valence-electron chi connectivity index (χ3n) is 15.2. The highest BCUT2D eigenvalue weighted by atomic mass is 15.2. The summed E-state index contributed by atoms with van der Waals surface area (Å²) < 4.78 is 0. The lowest BCUT2D eigenvalue weighted by Gasteiger charge is -2.46. The van der Waals surface area contributed by atoms with E-state index in [-0.39, 0.29) is 33.8 Å². The Bertz CT molecular complexity index is 3240. The van der Waals surface area contributed by atoms with Gasteiger partial charge in [-0.25, -0.2) is 0 Å². The van der Waals surface area contributed by atoms with Crippen molar-refractivity contribution in [3.05, 3.63) is 204 Å². The van der Waals surface area contributed by atoms with Crippen LogP contribution in [0.5, 0.6) is 0 Å². The molecule has 0 bridgehead atoms. The molecule has 0 fully saturated rings. The third-order valence-corrected chi connectivity index (χ3v) is 15.2. The van der Waals surface area contributed by atoms with Gasteiger partial charge in [0.25, 0.3) is 6.71 Å². The standard InChI is InChI=1S/C68H74BN3/c1-64(2,3)46-25-33-51(34-26-46)70(52-35-27-47(28-36-52)65(4,5)6)54-43-61-63-62(44-54)72(58-24-20-19-23-55(58)45-21-17-16-18-22-45)60-40-32-50(68(13,14)15)42-57(60)69(63)56-41-49(67(10,11)12)31-39-59(56)71(61)53-37-29-48(30-38-53)66(7,8)9/h16-44H,1-15H3. The maximum Gasteiger partial charge on any atom is 0.252 e.